The van der Waals surface area contributed by atoms with Gasteiger partial charge in [0.15, 0.2) is 5.82 Å². The van der Waals surface area contributed by atoms with Crippen molar-refractivity contribution >= 4 is 5.69 Å². The number of hydrogen-bond acceptors (Lipinski definition) is 6. The Morgan fingerprint density at radius 3 is 2.43 bits per heavy atom. The number of aromatic nitrogens is 4. The Balaban J connectivity index is 1.44. The Labute approximate surface area is 167 Å². The van der Waals surface area contributed by atoms with Crippen molar-refractivity contribution in [1.82, 2.24) is 25.1 Å². The van der Waals surface area contributed by atoms with Gasteiger partial charge in [0.25, 0.3) is 0 Å². The summed E-state index contributed by atoms with van der Waals surface area (Å²) >= 11 is 0. The zero-order valence-electron chi connectivity index (χ0n) is 17.1. The third kappa shape index (κ3) is 3.99. The van der Waals surface area contributed by atoms with E-state index in [4.69, 9.17) is 4.74 Å². The lowest BCUT2D eigenvalue weighted by molar-refractivity contribution is 0.161. The maximum absolute atomic E-state index is 5.28. The van der Waals surface area contributed by atoms with Gasteiger partial charge in [-0.3, -0.25) is 4.90 Å². The SMILES string of the molecule is CCCC(c1nnnn1C1CCCC1)N1CCN(c2ccc(OC)cc2)CC1. The van der Waals surface area contributed by atoms with Crippen molar-refractivity contribution in [2.75, 3.05) is 38.2 Å². The van der Waals surface area contributed by atoms with E-state index in [-0.39, 0.29) is 0 Å². The van der Waals surface area contributed by atoms with Gasteiger partial charge >= 0.3 is 0 Å². The van der Waals surface area contributed by atoms with Crippen molar-refractivity contribution in [2.24, 2.45) is 0 Å². The molecule has 2 aliphatic rings. The molecule has 1 unspecified atom stereocenters. The van der Waals surface area contributed by atoms with E-state index in [1.54, 1.807) is 7.11 Å². The van der Waals surface area contributed by atoms with E-state index in [9.17, 15) is 0 Å². The summed E-state index contributed by atoms with van der Waals surface area (Å²) in [6.45, 7) is 6.38. The maximum Gasteiger partial charge on any atom is 0.168 e. The molecule has 0 radical (unpaired) electrons. The number of nitrogens with zero attached hydrogens (tertiary/aromatic N) is 6. The van der Waals surface area contributed by atoms with E-state index >= 15 is 0 Å². The summed E-state index contributed by atoms with van der Waals surface area (Å²) in [6, 6.07) is 9.19. The van der Waals surface area contributed by atoms with E-state index in [2.05, 4.69) is 49.1 Å². The van der Waals surface area contributed by atoms with Crippen LogP contribution in [0.3, 0.4) is 0 Å². The Morgan fingerprint density at radius 1 is 1.07 bits per heavy atom. The first-order chi connectivity index (χ1) is 13.8. The Bertz CT molecular complexity index is 732. The zero-order valence-corrected chi connectivity index (χ0v) is 17.1. The number of benzene rings is 1. The molecule has 1 aromatic carbocycles. The summed E-state index contributed by atoms with van der Waals surface area (Å²) in [7, 11) is 1.71. The van der Waals surface area contributed by atoms with Crippen LogP contribution in [0.25, 0.3) is 0 Å². The Hall–Kier alpha value is -2.15. The minimum atomic E-state index is 0.318. The lowest BCUT2D eigenvalue weighted by Crippen LogP contribution is -2.48. The fraction of sp³-hybridized carbons (Fsp3) is 0.667. The van der Waals surface area contributed by atoms with Gasteiger partial charge in [-0.05, 0) is 54.0 Å². The van der Waals surface area contributed by atoms with Crippen molar-refractivity contribution < 1.29 is 4.74 Å². The fourth-order valence-corrected chi connectivity index (χ4v) is 4.66. The average Bonchev–Trinajstić information content (AvgIpc) is 3.44. The van der Waals surface area contributed by atoms with Crippen molar-refractivity contribution in [2.45, 2.75) is 57.5 Å². The summed E-state index contributed by atoms with van der Waals surface area (Å²) < 4.78 is 7.42. The zero-order chi connectivity index (χ0) is 19.3. The van der Waals surface area contributed by atoms with Crippen LogP contribution in [0.5, 0.6) is 5.75 Å². The van der Waals surface area contributed by atoms with E-state index in [0.717, 1.165) is 50.6 Å². The van der Waals surface area contributed by atoms with Crippen LogP contribution in [0, 0.1) is 0 Å². The summed E-state index contributed by atoms with van der Waals surface area (Å²) in [5.74, 6) is 1.98. The van der Waals surface area contributed by atoms with Gasteiger partial charge in [-0.25, -0.2) is 4.68 Å². The molecule has 4 rings (SSSR count). The number of rotatable bonds is 7. The highest BCUT2D eigenvalue weighted by atomic mass is 16.5. The van der Waals surface area contributed by atoms with Crippen molar-refractivity contribution in [3.63, 3.8) is 0 Å². The monoisotopic (exact) mass is 384 g/mol. The molecule has 1 saturated carbocycles. The van der Waals surface area contributed by atoms with Gasteiger partial charge < -0.3 is 9.64 Å². The number of piperazine rings is 1. The van der Waals surface area contributed by atoms with Crippen molar-refractivity contribution in [3.8, 4) is 5.75 Å². The maximum atomic E-state index is 5.28. The summed E-state index contributed by atoms with van der Waals surface area (Å²) in [5, 5.41) is 12.9. The highest BCUT2D eigenvalue weighted by Crippen LogP contribution is 2.33. The minimum Gasteiger partial charge on any atom is -0.497 e. The Morgan fingerprint density at radius 2 is 1.79 bits per heavy atom. The molecule has 1 aliphatic heterocycles. The normalized spacial score (nSPS) is 19.9. The van der Waals surface area contributed by atoms with Crippen LogP contribution in [0.1, 0.15) is 63.4 Å². The molecule has 28 heavy (non-hydrogen) atoms. The number of anilines is 1. The van der Waals surface area contributed by atoms with Gasteiger partial charge in [-0.1, -0.05) is 26.2 Å². The first-order valence-corrected chi connectivity index (χ1v) is 10.7. The van der Waals surface area contributed by atoms with Crippen molar-refractivity contribution in [3.05, 3.63) is 30.1 Å². The molecule has 0 bridgehead atoms. The quantitative estimate of drug-likeness (QED) is 0.729. The molecule has 1 aromatic heterocycles. The second-order valence-electron chi connectivity index (χ2n) is 7.95. The predicted molar refractivity (Wildman–Crippen MR) is 110 cm³/mol. The first-order valence-electron chi connectivity index (χ1n) is 10.7. The van der Waals surface area contributed by atoms with Crippen molar-refractivity contribution in [1.29, 1.82) is 0 Å². The van der Waals surface area contributed by atoms with Crippen LogP contribution in [-0.2, 0) is 0 Å². The number of tetrazole rings is 1. The number of ether oxygens (including phenoxy) is 1. The molecule has 2 fully saturated rings. The second kappa shape index (κ2) is 8.90. The largest absolute Gasteiger partial charge is 0.497 e. The fourth-order valence-electron chi connectivity index (χ4n) is 4.66. The third-order valence-corrected chi connectivity index (χ3v) is 6.24. The molecule has 2 heterocycles. The smallest absolute Gasteiger partial charge is 0.168 e. The summed E-state index contributed by atoms with van der Waals surface area (Å²) in [6.07, 6.45) is 7.26. The lowest BCUT2D eigenvalue weighted by Gasteiger charge is -2.40. The molecule has 2 aromatic rings. The third-order valence-electron chi connectivity index (χ3n) is 6.24. The average molecular weight is 385 g/mol. The van der Waals surface area contributed by atoms with E-state index in [1.165, 1.54) is 31.4 Å². The first kappa shape index (κ1) is 19.2. The molecule has 7 nitrogen and oxygen atoms in total. The predicted octanol–water partition coefficient (Wildman–Crippen LogP) is 3.46. The topological polar surface area (TPSA) is 59.3 Å². The van der Waals surface area contributed by atoms with Crippen LogP contribution >= 0.6 is 0 Å². The molecule has 1 aliphatic carbocycles. The number of hydrogen-bond donors (Lipinski definition) is 0. The molecule has 152 valence electrons. The van der Waals surface area contributed by atoms with Gasteiger partial charge in [-0.15, -0.1) is 5.10 Å². The standard InChI is InChI=1S/C21H32N6O/c1-3-6-20(21-22-23-24-27(21)18-7-4-5-8-18)26-15-13-25(14-16-26)17-9-11-19(28-2)12-10-17/h9-12,18,20H,3-8,13-16H2,1-2H3. The molecule has 0 spiro atoms. The molecular formula is C21H32N6O. The van der Waals surface area contributed by atoms with Gasteiger partial charge in [0, 0.05) is 31.9 Å². The number of methoxy groups -OCH3 is 1. The molecular weight excluding hydrogens is 352 g/mol. The van der Waals surface area contributed by atoms with Crippen LogP contribution in [0.15, 0.2) is 24.3 Å². The molecule has 1 saturated heterocycles. The van der Waals surface area contributed by atoms with Gasteiger partial charge in [0.1, 0.15) is 5.75 Å². The second-order valence-corrected chi connectivity index (χ2v) is 7.95. The summed E-state index contributed by atoms with van der Waals surface area (Å²) in [4.78, 5) is 5.04. The molecule has 1 atom stereocenters. The minimum absolute atomic E-state index is 0.318. The van der Waals surface area contributed by atoms with Gasteiger partial charge in [-0.2, -0.15) is 0 Å². The van der Waals surface area contributed by atoms with E-state index in [1.807, 2.05) is 12.1 Å². The van der Waals surface area contributed by atoms with Gasteiger partial charge in [0.05, 0.1) is 19.2 Å². The summed E-state index contributed by atoms with van der Waals surface area (Å²) in [5.41, 5.74) is 1.27. The van der Waals surface area contributed by atoms with Gasteiger partial charge in [0.2, 0.25) is 0 Å². The highest BCUT2D eigenvalue weighted by molar-refractivity contribution is 5.49. The Kier molecular flexibility index (Phi) is 6.10. The molecule has 0 amide bonds. The molecule has 7 heteroatoms. The molecule has 0 N–H and O–H groups in total. The van der Waals surface area contributed by atoms with Crippen LogP contribution < -0.4 is 9.64 Å². The van der Waals surface area contributed by atoms with Crippen LogP contribution in [-0.4, -0.2) is 58.4 Å². The van der Waals surface area contributed by atoms with E-state index in [0.29, 0.717) is 12.1 Å². The van der Waals surface area contributed by atoms with Crippen LogP contribution in [0.2, 0.25) is 0 Å². The lowest BCUT2D eigenvalue weighted by atomic mass is 10.1. The van der Waals surface area contributed by atoms with E-state index < -0.39 is 0 Å². The van der Waals surface area contributed by atoms with Crippen LogP contribution in [0.4, 0.5) is 5.69 Å². The highest BCUT2D eigenvalue weighted by Gasteiger charge is 2.31.